The van der Waals surface area contributed by atoms with Crippen molar-refractivity contribution in [2.75, 3.05) is 31.6 Å². The standard InChI is InChI=1S/C23H23F3N2O4/c1-31-17-7-8-19-18(13-17)22(15-28(19)20(29)23(24,25)26)9-11-27(12-10-22)21(30)32-14-16-5-3-2-4-6-16/h2-8,13H,9-12,14-15H2,1H3. The van der Waals surface area contributed by atoms with E-state index in [1.54, 1.807) is 17.0 Å². The van der Waals surface area contributed by atoms with Crippen molar-refractivity contribution >= 4 is 17.7 Å². The van der Waals surface area contributed by atoms with Crippen LogP contribution in [0.15, 0.2) is 48.5 Å². The molecule has 2 heterocycles. The maximum Gasteiger partial charge on any atom is 0.471 e. The van der Waals surface area contributed by atoms with Gasteiger partial charge in [0, 0.05) is 30.7 Å². The summed E-state index contributed by atoms with van der Waals surface area (Å²) >= 11 is 0. The average molecular weight is 448 g/mol. The number of methoxy groups -OCH3 is 1. The average Bonchev–Trinajstić information content (AvgIpc) is 3.10. The Labute approximate surface area is 183 Å². The van der Waals surface area contributed by atoms with Crippen LogP contribution in [0.25, 0.3) is 0 Å². The number of alkyl halides is 3. The van der Waals surface area contributed by atoms with Crippen molar-refractivity contribution in [1.82, 2.24) is 4.90 Å². The van der Waals surface area contributed by atoms with Gasteiger partial charge in [-0.3, -0.25) is 4.79 Å². The summed E-state index contributed by atoms with van der Waals surface area (Å²) in [6.07, 6.45) is -4.61. The molecule has 9 heteroatoms. The highest BCUT2D eigenvalue weighted by molar-refractivity contribution is 6.00. The first-order valence-corrected chi connectivity index (χ1v) is 10.3. The highest BCUT2D eigenvalue weighted by atomic mass is 19.4. The maximum atomic E-state index is 13.2. The van der Waals surface area contributed by atoms with Crippen LogP contribution >= 0.6 is 0 Å². The van der Waals surface area contributed by atoms with E-state index in [1.165, 1.54) is 13.2 Å². The van der Waals surface area contributed by atoms with Gasteiger partial charge < -0.3 is 19.3 Å². The topological polar surface area (TPSA) is 59.1 Å². The third-order valence-electron chi connectivity index (χ3n) is 6.20. The number of anilines is 1. The lowest BCUT2D eigenvalue weighted by Crippen LogP contribution is -2.49. The van der Waals surface area contributed by atoms with E-state index in [1.807, 2.05) is 30.3 Å². The molecule has 1 fully saturated rings. The number of hydrogen-bond donors (Lipinski definition) is 0. The predicted molar refractivity (Wildman–Crippen MR) is 111 cm³/mol. The van der Waals surface area contributed by atoms with Crippen molar-refractivity contribution < 1.29 is 32.2 Å². The molecule has 4 rings (SSSR count). The molecule has 0 bridgehead atoms. The lowest BCUT2D eigenvalue weighted by molar-refractivity contribution is -0.170. The Morgan fingerprint density at radius 1 is 1.06 bits per heavy atom. The van der Waals surface area contributed by atoms with Gasteiger partial charge in [-0.15, -0.1) is 0 Å². The number of piperidine rings is 1. The SMILES string of the molecule is COc1ccc2c(c1)C1(CCN(C(=O)OCc3ccccc3)CC1)CN2C(=O)C(F)(F)F. The number of halogens is 3. The summed E-state index contributed by atoms with van der Waals surface area (Å²) in [6.45, 7) is 0.701. The molecule has 170 valence electrons. The number of carbonyl (C=O) groups excluding carboxylic acids is 2. The molecule has 2 aliphatic heterocycles. The van der Waals surface area contributed by atoms with E-state index in [9.17, 15) is 22.8 Å². The van der Waals surface area contributed by atoms with Crippen LogP contribution in [0.1, 0.15) is 24.0 Å². The van der Waals surface area contributed by atoms with Gasteiger partial charge in [-0.1, -0.05) is 30.3 Å². The first-order valence-electron chi connectivity index (χ1n) is 10.3. The van der Waals surface area contributed by atoms with Gasteiger partial charge in [-0.25, -0.2) is 4.79 Å². The zero-order valence-corrected chi connectivity index (χ0v) is 17.5. The van der Waals surface area contributed by atoms with Gasteiger partial charge in [0.1, 0.15) is 12.4 Å². The number of fused-ring (bicyclic) bond motifs is 2. The first kappa shape index (κ1) is 22.0. The summed E-state index contributed by atoms with van der Waals surface area (Å²) in [5.74, 6) is -1.38. The Morgan fingerprint density at radius 2 is 1.75 bits per heavy atom. The van der Waals surface area contributed by atoms with E-state index in [2.05, 4.69) is 0 Å². The molecule has 0 unspecified atom stereocenters. The van der Waals surface area contributed by atoms with Crippen LogP contribution in [-0.4, -0.2) is 49.8 Å². The fourth-order valence-corrected chi connectivity index (χ4v) is 4.46. The Balaban J connectivity index is 1.50. The van der Waals surface area contributed by atoms with Crippen molar-refractivity contribution in [3.05, 3.63) is 59.7 Å². The third-order valence-corrected chi connectivity index (χ3v) is 6.20. The minimum atomic E-state index is -4.97. The number of amides is 2. The van der Waals surface area contributed by atoms with Crippen LogP contribution in [0.4, 0.5) is 23.7 Å². The quantitative estimate of drug-likeness (QED) is 0.704. The lowest BCUT2D eigenvalue weighted by Gasteiger charge is -2.39. The molecule has 0 atom stereocenters. The molecule has 1 spiro atoms. The molecular weight excluding hydrogens is 425 g/mol. The molecule has 2 aromatic rings. The molecule has 0 aromatic heterocycles. The summed E-state index contributed by atoms with van der Waals surface area (Å²) in [6, 6.07) is 14.0. The molecular formula is C23H23F3N2O4. The second-order valence-corrected chi connectivity index (χ2v) is 8.08. The zero-order valence-electron chi connectivity index (χ0n) is 17.5. The van der Waals surface area contributed by atoms with Crippen molar-refractivity contribution in [2.24, 2.45) is 0 Å². The minimum absolute atomic E-state index is 0.0826. The van der Waals surface area contributed by atoms with Crippen LogP contribution in [0, 0.1) is 0 Å². The Bertz CT molecular complexity index is 1000. The monoisotopic (exact) mass is 448 g/mol. The van der Waals surface area contributed by atoms with E-state index in [4.69, 9.17) is 9.47 Å². The normalized spacial score (nSPS) is 17.2. The summed E-state index contributed by atoms with van der Waals surface area (Å²) in [5.41, 5.74) is 1.08. The number of likely N-dealkylation sites (tertiary alicyclic amines) is 1. The number of carbonyl (C=O) groups is 2. The van der Waals surface area contributed by atoms with Crippen LogP contribution in [0.2, 0.25) is 0 Å². The van der Waals surface area contributed by atoms with E-state index in [0.717, 1.165) is 10.5 Å². The molecule has 2 aliphatic rings. The van der Waals surface area contributed by atoms with Crippen molar-refractivity contribution in [3.8, 4) is 5.75 Å². The minimum Gasteiger partial charge on any atom is -0.497 e. The largest absolute Gasteiger partial charge is 0.497 e. The number of rotatable bonds is 3. The lowest BCUT2D eigenvalue weighted by atomic mass is 9.74. The second kappa shape index (κ2) is 8.37. The van der Waals surface area contributed by atoms with Crippen LogP contribution in [0.3, 0.4) is 0 Å². The number of benzene rings is 2. The summed E-state index contributed by atoms with van der Waals surface area (Å²) in [5, 5.41) is 0. The maximum absolute atomic E-state index is 13.2. The molecule has 0 aliphatic carbocycles. The highest BCUT2D eigenvalue weighted by Crippen LogP contribution is 2.49. The fourth-order valence-electron chi connectivity index (χ4n) is 4.46. The first-order chi connectivity index (χ1) is 15.2. The fraction of sp³-hybridized carbons (Fsp3) is 0.391. The molecule has 1 saturated heterocycles. The Hall–Kier alpha value is -3.23. The van der Waals surface area contributed by atoms with Crippen LogP contribution < -0.4 is 9.64 Å². The number of ether oxygens (including phenoxy) is 2. The van der Waals surface area contributed by atoms with Gasteiger partial charge in [-0.05, 0) is 42.2 Å². The van der Waals surface area contributed by atoms with Gasteiger partial charge in [0.2, 0.25) is 0 Å². The zero-order chi connectivity index (χ0) is 22.9. The van der Waals surface area contributed by atoms with Gasteiger partial charge in [-0.2, -0.15) is 13.2 Å². The molecule has 0 radical (unpaired) electrons. The molecule has 0 saturated carbocycles. The van der Waals surface area contributed by atoms with E-state index >= 15 is 0 Å². The molecule has 2 aromatic carbocycles. The van der Waals surface area contributed by atoms with Gasteiger partial charge in [0.25, 0.3) is 0 Å². The summed E-state index contributed by atoms with van der Waals surface area (Å²) in [4.78, 5) is 26.9. The Morgan fingerprint density at radius 3 is 2.38 bits per heavy atom. The van der Waals surface area contributed by atoms with Crippen molar-refractivity contribution in [1.29, 1.82) is 0 Å². The predicted octanol–water partition coefficient (Wildman–Crippen LogP) is 4.27. The molecule has 0 N–H and O–H groups in total. The number of nitrogens with zero attached hydrogens (tertiary/aromatic N) is 2. The smallest absolute Gasteiger partial charge is 0.471 e. The van der Waals surface area contributed by atoms with Crippen molar-refractivity contribution in [3.63, 3.8) is 0 Å². The number of hydrogen-bond acceptors (Lipinski definition) is 4. The molecule has 6 nitrogen and oxygen atoms in total. The molecule has 2 amide bonds. The summed E-state index contributed by atoms with van der Waals surface area (Å²) in [7, 11) is 1.48. The second-order valence-electron chi connectivity index (χ2n) is 8.08. The van der Waals surface area contributed by atoms with Gasteiger partial charge in [0.15, 0.2) is 0 Å². The van der Waals surface area contributed by atoms with Crippen molar-refractivity contribution in [2.45, 2.75) is 31.0 Å². The Kier molecular flexibility index (Phi) is 5.75. The van der Waals surface area contributed by atoms with E-state index < -0.39 is 23.6 Å². The molecule has 32 heavy (non-hydrogen) atoms. The summed E-state index contributed by atoms with van der Waals surface area (Å²) < 4.78 is 50.3. The van der Waals surface area contributed by atoms with E-state index in [0.29, 0.717) is 37.2 Å². The van der Waals surface area contributed by atoms with Crippen LogP contribution in [0.5, 0.6) is 5.75 Å². The van der Waals surface area contributed by atoms with E-state index in [-0.39, 0.29) is 18.8 Å². The van der Waals surface area contributed by atoms with Gasteiger partial charge >= 0.3 is 18.2 Å². The third kappa shape index (κ3) is 4.11. The highest BCUT2D eigenvalue weighted by Gasteiger charge is 2.52. The van der Waals surface area contributed by atoms with Gasteiger partial charge in [0.05, 0.1) is 7.11 Å². The van der Waals surface area contributed by atoms with Crippen LogP contribution in [-0.2, 0) is 21.6 Å².